The fraction of sp³-hybridized carbons (Fsp3) is 0.200. The maximum absolute atomic E-state index is 12.8. The van der Waals surface area contributed by atoms with Gasteiger partial charge >= 0.3 is 0 Å². The van der Waals surface area contributed by atoms with Crippen LogP contribution in [0.5, 0.6) is 0 Å². The summed E-state index contributed by atoms with van der Waals surface area (Å²) in [6, 6.07) is 5.57. The summed E-state index contributed by atoms with van der Waals surface area (Å²) in [5, 5.41) is 23.5. The number of carboxylic acid groups (broad SMARTS) is 1. The molecule has 4 heterocycles. The average molecular weight is 456 g/mol. The van der Waals surface area contributed by atoms with Gasteiger partial charge in [0.2, 0.25) is 0 Å². The van der Waals surface area contributed by atoms with Gasteiger partial charge in [0.25, 0.3) is 12.4 Å². The Morgan fingerprint density at radius 3 is 2.94 bits per heavy atom. The molecule has 3 N–H and O–H groups in total. The van der Waals surface area contributed by atoms with Crippen molar-refractivity contribution < 1.29 is 19.4 Å². The maximum Gasteiger partial charge on any atom is 0.290 e. The molecule has 4 rings (SSSR count). The zero-order chi connectivity index (χ0) is 22.8. The lowest BCUT2D eigenvalue weighted by Crippen LogP contribution is -2.12. The first-order chi connectivity index (χ1) is 15.7. The number of ether oxygens (including phenoxy) is 1. The van der Waals surface area contributed by atoms with Crippen molar-refractivity contribution in [3.8, 4) is 22.0 Å². The second kappa shape index (κ2) is 11.5. The molecule has 0 aliphatic heterocycles. The second-order valence-electron chi connectivity index (χ2n) is 6.15. The number of hydrogen-bond donors (Lipinski definition) is 3. The highest BCUT2D eigenvalue weighted by atomic mass is 32.1. The number of thiazole rings is 1. The zero-order valence-corrected chi connectivity index (χ0v) is 18.0. The van der Waals surface area contributed by atoms with Gasteiger partial charge in [-0.3, -0.25) is 24.4 Å². The smallest absolute Gasteiger partial charge is 0.290 e. The number of pyridine rings is 1. The van der Waals surface area contributed by atoms with Crippen molar-refractivity contribution in [2.75, 3.05) is 18.5 Å². The van der Waals surface area contributed by atoms with Gasteiger partial charge in [0.1, 0.15) is 16.4 Å². The lowest BCUT2D eigenvalue weighted by atomic mass is 10.2. The molecule has 1 amide bonds. The number of anilines is 1. The van der Waals surface area contributed by atoms with Gasteiger partial charge in [-0.1, -0.05) is 6.07 Å². The largest absolute Gasteiger partial charge is 0.483 e. The number of aromatic amines is 1. The minimum Gasteiger partial charge on any atom is -0.483 e. The number of nitrogens with zero attached hydrogens (tertiary/aromatic N) is 5. The van der Waals surface area contributed by atoms with Crippen LogP contribution in [0.4, 0.5) is 5.69 Å². The monoisotopic (exact) mass is 455 g/mol. The molecule has 0 aromatic carbocycles. The molecule has 0 spiro atoms. The van der Waals surface area contributed by atoms with Gasteiger partial charge in [0.15, 0.2) is 0 Å². The summed E-state index contributed by atoms with van der Waals surface area (Å²) in [6.45, 7) is 3.44. The molecule has 0 aliphatic carbocycles. The van der Waals surface area contributed by atoms with Gasteiger partial charge in [-0.25, -0.2) is 4.98 Å². The lowest BCUT2D eigenvalue weighted by Gasteiger charge is -2.03. The van der Waals surface area contributed by atoms with Crippen molar-refractivity contribution in [2.24, 2.45) is 0 Å². The number of hydrogen-bond acceptors (Lipinski definition) is 8. The molecule has 12 heteroatoms. The molecule has 4 aromatic rings. The van der Waals surface area contributed by atoms with E-state index in [0.29, 0.717) is 42.5 Å². The highest BCUT2D eigenvalue weighted by molar-refractivity contribution is 7.13. The molecule has 0 bridgehead atoms. The first-order valence-corrected chi connectivity index (χ1v) is 10.4. The highest BCUT2D eigenvalue weighted by Crippen LogP contribution is 2.27. The Morgan fingerprint density at radius 1 is 1.41 bits per heavy atom. The summed E-state index contributed by atoms with van der Waals surface area (Å²) < 4.78 is 7.14. The van der Waals surface area contributed by atoms with Crippen LogP contribution in [0.3, 0.4) is 0 Å². The van der Waals surface area contributed by atoms with Crippen molar-refractivity contribution in [2.45, 2.75) is 13.5 Å². The van der Waals surface area contributed by atoms with E-state index < -0.39 is 0 Å². The topological polar surface area (TPSA) is 148 Å². The molecule has 11 nitrogen and oxygen atoms in total. The van der Waals surface area contributed by atoms with Crippen LogP contribution in [0.2, 0.25) is 0 Å². The van der Waals surface area contributed by atoms with E-state index >= 15 is 0 Å². The molecule has 0 saturated carbocycles. The minimum atomic E-state index is -0.308. The number of rotatable bonds is 8. The Kier molecular flexibility index (Phi) is 8.17. The Labute approximate surface area is 187 Å². The molecular formula is C20H21N7O4S. The van der Waals surface area contributed by atoms with Crippen LogP contribution < -0.4 is 5.32 Å². The first-order valence-electron chi connectivity index (χ1n) is 9.56. The van der Waals surface area contributed by atoms with Crippen LogP contribution in [-0.4, -0.2) is 60.6 Å². The molecule has 0 radical (unpaired) electrons. The Morgan fingerprint density at radius 2 is 2.25 bits per heavy atom. The predicted molar refractivity (Wildman–Crippen MR) is 118 cm³/mol. The van der Waals surface area contributed by atoms with E-state index in [2.05, 4.69) is 30.6 Å². The number of carbonyl (C=O) groups is 2. The average Bonchev–Trinajstić information content (AvgIpc) is 3.56. The van der Waals surface area contributed by atoms with E-state index in [1.165, 1.54) is 11.3 Å². The third-order valence-electron chi connectivity index (χ3n) is 4.07. The van der Waals surface area contributed by atoms with Gasteiger partial charge in [0, 0.05) is 36.1 Å². The van der Waals surface area contributed by atoms with Gasteiger partial charge in [-0.05, 0) is 19.1 Å². The predicted octanol–water partition coefficient (Wildman–Crippen LogP) is 2.78. The fourth-order valence-corrected chi connectivity index (χ4v) is 3.47. The molecule has 32 heavy (non-hydrogen) atoms. The molecule has 0 unspecified atom stereocenters. The van der Waals surface area contributed by atoms with E-state index in [0.717, 1.165) is 10.6 Å². The van der Waals surface area contributed by atoms with Crippen molar-refractivity contribution in [3.63, 3.8) is 0 Å². The Hall–Kier alpha value is -3.90. The summed E-state index contributed by atoms with van der Waals surface area (Å²) in [6.07, 6.45) is 6.88. The first kappa shape index (κ1) is 22.8. The number of H-pyrrole nitrogens is 1. The zero-order valence-electron chi connectivity index (χ0n) is 17.1. The molecule has 0 saturated heterocycles. The summed E-state index contributed by atoms with van der Waals surface area (Å²) in [5.41, 5.74) is 3.02. The number of aromatic nitrogens is 6. The maximum atomic E-state index is 12.8. The van der Waals surface area contributed by atoms with Crippen LogP contribution in [0.15, 0.2) is 48.4 Å². The van der Waals surface area contributed by atoms with E-state index in [1.807, 2.05) is 25.1 Å². The van der Waals surface area contributed by atoms with E-state index in [-0.39, 0.29) is 12.4 Å². The molecule has 0 aliphatic rings. The third-order valence-corrected chi connectivity index (χ3v) is 4.96. The third kappa shape index (κ3) is 5.83. The Balaban J connectivity index is 0.000000913. The van der Waals surface area contributed by atoms with Gasteiger partial charge in [-0.15, -0.1) is 11.3 Å². The quantitative estimate of drug-likeness (QED) is 0.271. The van der Waals surface area contributed by atoms with Crippen LogP contribution in [0.1, 0.15) is 17.4 Å². The van der Waals surface area contributed by atoms with E-state index in [4.69, 9.17) is 14.6 Å². The van der Waals surface area contributed by atoms with Gasteiger partial charge < -0.3 is 15.2 Å². The number of nitrogens with one attached hydrogen (secondary N) is 2. The fourth-order valence-electron chi connectivity index (χ4n) is 2.69. The normalized spacial score (nSPS) is 10.3. The van der Waals surface area contributed by atoms with Crippen LogP contribution in [0, 0.1) is 0 Å². The Bertz CT molecular complexity index is 1130. The molecule has 0 fully saturated rings. The van der Waals surface area contributed by atoms with Crippen molar-refractivity contribution >= 4 is 29.4 Å². The lowest BCUT2D eigenvalue weighted by molar-refractivity contribution is -0.122. The molecule has 4 aromatic heterocycles. The van der Waals surface area contributed by atoms with Gasteiger partial charge in [-0.2, -0.15) is 10.2 Å². The van der Waals surface area contributed by atoms with Crippen LogP contribution in [0.25, 0.3) is 22.0 Å². The summed E-state index contributed by atoms with van der Waals surface area (Å²) in [7, 11) is 0. The summed E-state index contributed by atoms with van der Waals surface area (Å²) >= 11 is 1.38. The SMILES string of the molecule is CCOCCn1cc(NC(=O)c2csc(-c3cn[nH]c3)n2)c(-c2ccccn2)n1.O=CO. The standard InChI is InChI=1S/C19H19N7O2S.CH2O2/c1-2-28-8-7-26-11-15(17(25-26)14-5-3-4-6-20-14)23-18(27)16-12-29-19(24-16)13-9-21-22-10-13;2-1-3/h3-6,9-12H,2,7-8H2,1H3,(H,21,22)(H,23,27);1H,(H,2,3). The molecule has 0 atom stereocenters. The van der Waals surface area contributed by atoms with Crippen molar-refractivity contribution in [1.29, 1.82) is 0 Å². The van der Waals surface area contributed by atoms with Gasteiger partial charge in [0.05, 0.1) is 30.7 Å². The van der Waals surface area contributed by atoms with Crippen molar-refractivity contribution in [3.05, 3.63) is 54.1 Å². The molecule has 166 valence electrons. The number of carbonyl (C=O) groups excluding carboxylic acids is 1. The summed E-state index contributed by atoms with van der Waals surface area (Å²) in [5.74, 6) is -0.308. The second-order valence-corrected chi connectivity index (χ2v) is 7.01. The minimum absolute atomic E-state index is 0.250. The van der Waals surface area contributed by atoms with Crippen LogP contribution >= 0.6 is 11.3 Å². The molecular weight excluding hydrogens is 434 g/mol. The van der Waals surface area contributed by atoms with Crippen molar-refractivity contribution in [1.82, 2.24) is 29.9 Å². The number of amides is 1. The highest BCUT2D eigenvalue weighted by Gasteiger charge is 2.18. The summed E-state index contributed by atoms with van der Waals surface area (Å²) in [4.78, 5) is 29.9. The van der Waals surface area contributed by atoms with E-state index in [1.54, 1.807) is 34.8 Å². The van der Waals surface area contributed by atoms with Crippen LogP contribution in [-0.2, 0) is 16.1 Å². The van der Waals surface area contributed by atoms with E-state index in [9.17, 15) is 4.79 Å².